The van der Waals surface area contributed by atoms with Crippen molar-refractivity contribution in [3.8, 4) is 0 Å². The molecule has 3 rings (SSSR count). The summed E-state index contributed by atoms with van der Waals surface area (Å²) in [5.41, 5.74) is 0.899. The average molecular weight is 567 g/mol. The molecule has 10 atom stereocenters. The van der Waals surface area contributed by atoms with Gasteiger partial charge < -0.3 is 37.9 Å². The molecule has 0 amide bonds. The second-order valence-corrected chi connectivity index (χ2v) is 9.91. The van der Waals surface area contributed by atoms with Crippen LogP contribution >= 0.6 is 0 Å². The standard InChI is InChI=1S/C28H38O12/c1-14-22(33-13-21-11-9-8-10-12-21)25(23(15(2)34-14)36-17(4)29)40-28-27(39-20(7)32)26(38-19(6)31)24(16(3)35-28)37-18(5)30/h8-12,14-16,22-28H,13H2,1-7H3/t14?,15-,16?,22-,23+,24-,25?,26?,27-,28-/m0/s1. The van der Waals surface area contributed by atoms with Crippen molar-refractivity contribution < 1.29 is 57.1 Å². The van der Waals surface area contributed by atoms with Crippen molar-refractivity contribution in [1.29, 1.82) is 0 Å². The van der Waals surface area contributed by atoms with Crippen LogP contribution in [0.5, 0.6) is 0 Å². The van der Waals surface area contributed by atoms with Crippen LogP contribution in [0.1, 0.15) is 54.0 Å². The van der Waals surface area contributed by atoms with Gasteiger partial charge in [-0.15, -0.1) is 0 Å². The van der Waals surface area contributed by atoms with Gasteiger partial charge >= 0.3 is 23.9 Å². The number of benzene rings is 1. The Labute approximate surface area is 233 Å². The van der Waals surface area contributed by atoms with E-state index in [0.717, 1.165) is 5.56 Å². The molecule has 2 aliphatic heterocycles. The highest BCUT2D eigenvalue weighted by Gasteiger charge is 2.54. The van der Waals surface area contributed by atoms with E-state index < -0.39 is 85.1 Å². The van der Waals surface area contributed by atoms with Crippen LogP contribution < -0.4 is 0 Å². The maximum absolute atomic E-state index is 12.1. The van der Waals surface area contributed by atoms with Gasteiger partial charge in [-0.05, 0) is 26.3 Å². The summed E-state index contributed by atoms with van der Waals surface area (Å²) in [7, 11) is 0. The molecule has 0 aromatic heterocycles. The van der Waals surface area contributed by atoms with Crippen LogP contribution in [0.3, 0.4) is 0 Å². The lowest BCUT2D eigenvalue weighted by molar-refractivity contribution is -0.340. The first-order chi connectivity index (χ1) is 18.9. The molecular weight excluding hydrogens is 528 g/mol. The Morgan fingerprint density at radius 2 is 1.05 bits per heavy atom. The molecule has 0 saturated carbocycles. The third-order valence-corrected chi connectivity index (χ3v) is 6.51. The molecule has 0 bridgehead atoms. The summed E-state index contributed by atoms with van der Waals surface area (Å²) in [5, 5.41) is 0. The van der Waals surface area contributed by atoms with E-state index in [2.05, 4.69) is 0 Å². The minimum Gasteiger partial charge on any atom is -0.457 e. The first kappa shape index (κ1) is 31.5. The van der Waals surface area contributed by atoms with Gasteiger partial charge in [0.25, 0.3) is 0 Å². The average Bonchev–Trinajstić information content (AvgIpc) is 2.85. The fourth-order valence-electron chi connectivity index (χ4n) is 4.96. The highest BCUT2D eigenvalue weighted by molar-refractivity contribution is 5.68. The molecule has 0 aliphatic carbocycles. The van der Waals surface area contributed by atoms with Crippen LogP contribution in [0.4, 0.5) is 0 Å². The van der Waals surface area contributed by atoms with Crippen molar-refractivity contribution in [2.75, 3.05) is 0 Å². The number of carbonyl (C=O) groups excluding carboxylic acids is 4. The molecule has 0 N–H and O–H groups in total. The molecule has 12 heteroatoms. The van der Waals surface area contributed by atoms with Crippen LogP contribution in [0.2, 0.25) is 0 Å². The van der Waals surface area contributed by atoms with Gasteiger partial charge in [0, 0.05) is 27.7 Å². The Balaban J connectivity index is 1.98. The topological polar surface area (TPSA) is 142 Å². The van der Waals surface area contributed by atoms with Crippen molar-refractivity contribution in [1.82, 2.24) is 0 Å². The number of rotatable bonds is 9. The molecule has 2 aliphatic rings. The third-order valence-electron chi connectivity index (χ3n) is 6.51. The van der Waals surface area contributed by atoms with Gasteiger partial charge in [0.05, 0.1) is 24.9 Å². The molecule has 40 heavy (non-hydrogen) atoms. The Bertz CT molecular complexity index is 1030. The Hall–Kier alpha value is -3.06. The van der Waals surface area contributed by atoms with Crippen LogP contribution in [-0.2, 0) is 63.7 Å². The second-order valence-electron chi connectivity index (χ2n) is 9.91. The van der Waals surface area contributed by atoms with Gasteiger partial charge in [0.1, 0.15) is 12.2 Å². The Morgan fingerprint density at radius 1 is 0.600 bits per heavy atom. The maximum atomic E-state index is 12.1. The minimum absolute atomic E-state index is 0.208. The summed E-state index contributed by atoms with van der Waals surface area (Å²) in [6, 6.07) is 9.45. The molecule has 2 heterocycles. The highest BCUT2D eigenvalue weighted by atomic mass is 16.7. The lowest BCUT2D eigenvalue weighted by atomic mass is 9.94. The van der Waals surface area contributed by atoms with Crippen molar-refractivity contribution >= 4 is 23.9 Å². The van der Waals surface area contributed by atoms with Crippen LogP contribution in [0.15, 0.2) is 30.3 Å². The lowest BCUT2D eigenvalue weighted by Crippen LogP contribution is -2.65. The summed E-state index contributed by atoms with van der Waals surface area (Å²) < 4.78 is 46.7. The van der Waals surface area contributed by atoms with Crippen LogP contribution in [-0.4, -0.2) is 85.1 Å². The van der Waals surface area contributed by atoms with Gasteiger partial charge in [-0.1, -0.05) is 30.3 Å². The highest BCUT2D eigenvalue weighted by Crippen LogP contribution is 2.35. The molecule has 4 unspecified atom stereocenters. The molecule has 1 aromatic rings. The number of esters is 4. The zero-order valence-corrected chi connectivity index (χ0v) is 23.8. The van der Waals surface area contributed by atoms with Crippen LogP contribution in [0, 0.1) is 0 Å². The Morgan fingerprint density at radius 3 is 1.60 bits per heavy atom. The zero-order chi connectivity index (χ0) is 29.6. The van der Waals surface area contributed by atoms with E-state index in [9.17, 15) is 19.2 Å². The number of hydrogen-bond acceptors (Lipinski definition) is 12. The summed E-state index contributed by atoms with van der Waals surface area (Å²) in [6.45, 7) is 10.2. The first-order valence-corrected chi connectivity index (χ1v) is 13.2. The summed E-state index contributed by atoms with van der Waals surface area (Å²) in [4.78, 5) is 48.1. The summed E-state index contributed by atoms with van der Waals surface area (Å²) in [5.74, 6) is -2.61. The quantitative estimate of drug-likeness (QED) is 0.319. The third kappa shape index (κ3) is 8.23. The van der Waals surface area contributed by atoms with E-state index in [1.165, 1.54) is 27.7 Å². The number of ether oxygens (including phenoxy) is 8. The predicted molar refractivity (Wildman–Crippen MR) is 136 cm³/mol. The maximum Gasteiger partial charge on any atom is 0.303 e. The Kier molecular flexibility index (Phi) is 11.0. The number of carbonyl (C=O) groups is 4. The monoisotopic (exact) mass is 566 g/mol. The molecular formula is C28H38O12. The first-order valence-electron chi connectivity index (χ1n) is 13.2. The van der Waals surface area contributed by atoms with Gasteiger partial charge in [-0.3, -0.25) is 19.2 Å². The molecule has 1 aromatic carbocycles. The predicted octanol–water partition coefficient (Wildman–Crippen LogP) is 2.24. The van der Waals surface area contributed by atoms with Crippen LogP contribution in [0.25, 0.3) is 0 Å². The normalized spacial score (nSPS) is 33.9. The smallest absolute Gasteiger partial charge is 0.303 e. The molecule has 0 radical (unpaired) electrons. The SMILES string of the molecule is CC(=O)OC1[C@@H](OC(C)=O)C(C)O[C@@H](OC2[C@@H](OCc3ccccc3)C(C)O[C@@H](C)[C@H]2OC(C)=O)[C@H]1OC(C)=O. The van der Waals surface area contributed by atoms with Crippen molar-refractivity contribution in [3.05, 3.63) is 35.9 Å². The molecule has 2 fully saturated rings. The summed E-state index contributed by atoms with van der Waals surface area (Å²) in [6.07, 6.45) is -9.55. The molecule has 222 valence electrons. The fraction of sp³-hybridized carbons (Fsp3) is 0.643. The fourth-order valence-corrected chi connectivity index (χ4v) is 4.96. The van der Waals surface area contributed by atoms with Gasteiger partial charge in [-0.25, -0.2) is 0 Å². The van der Waals surface area contributed by atoms with Gasteiger partial charge in [0.2, 0.25) is 0 Å². The zero-order valence-electron chi connectivity index (χ0n) is 23.8. The summed E-state index contributed by atoms with van der Waals surface area (Å²) >= 11 is 0. The van der Waals surface area contributed by atoms with Crippen molar-refractivity contribution in [2.45, 2.75) is 116 Å². The van der Waals surface area contributed by atoms with E-state index in [4.69, 9.17) is 37.9 Å². The largest absolute Gasteiger partial charge is 0.457 e. The van der Waals surface area contributed by atoms with Gasteiger partial charge in [0.15, 0.2) is 30.7 Å². The van der Waals surface area contributed by atoms with E-state index >= 15 is 0 Å². The van der Waals surface area contributed by atoms with E-state index in [-0.39, 0.29) is 6.61 Å². The second kappa shape index (κ2) is 14.0. The molecule has 0 spiro atoms. The van der Waals surface area contributed by atoms with E-state index in [0.29, 0.717) is 0 Å². The molecule has 2 saturated heterocycles. The number of hydrogen-bond donors (Lipinski definition) is 0. The van der Waals surface area contributed by atoms with Crippen molar-refractivity contribution in [3.63, 3.8) is 0 Å². The van der Waals surface area contributed by atoms with E-state index in [1.807, 2.05) is 30.3 Å². The van der Waals surface area contributed by atoms with Gasteiger partial charge in [-0.2, -0.15) is 0 Å². The minimum atomic E-state index is -1.33. The van der Waals surface area contributed by atoms with Crippen molar-refractivity contribution in [2.24, 2.45) is 0 Å². The van der Waals surface area contributed by atoms with E-state index in [1.54, 1.807) is 20.8 Å². The molecule has 12 nitrogen and oxygen atoms in total. The lowest BCUT2D eigenvalue weighted by Gasteiger charge is -2.48.